The van der Waals surface area contributed by atoms with Gasteiger partial charge in [-0.2, -0.15) is 0 Å². The first-order valence-corrected chi connectivity index (χ1v) is 7.76. The van der Waals surface area contributed by atoms with Gasteiger partial charge in [0, 0.05) is 18.6 Å². The molecule has 2 fully saturated rings. The maximum Gasteiger partial charge on any atom is 0.497 e. The van der Waals surface area contributed by atoms with Crippen molar-refractivity contribution in [1.29, 1.82) is 0 Å². The molecule has 0 unspecified atom stereocenters. The van der Waals surface area contributed by atoms with Gasteiger partial charge in [-0.25, -0.2) is 8.78 Å². The lowest BCUT2D eigenvalue weighted by Crippen LogP contribution is -2.43. The molecule has 4 nitrogen and oxygen atoms in total. The zero-order chi connectivity index (χ0) is 17.0. The quantitative estimate of drug-likeness (QED) is 0.783. The Morgan fingerprint density at radius 2 is 1.65 bits per heavy atom. The summed E-state index contributed by atoms with van der Waals surface area (Å²) in [5.41, 5.74) is -1.57. The summed E-state index contributed by atoms with van der Waals surface area (Å²) >= 11 is 0. The van der Waals surface area contributed by atoms with Crippen LogP contribution in [0, 0.1) is 11.6 Å². The van der Waals surface area contributed by atoms with Crippen molar-refractivity contribution in [1.82, 2.24) is 4.90 Å². The molecule has 1 aromatic rings. The maximum absolute atomic E-state index is 14.4. The first-order chi connectivity index (χ1) is 10.6. The Bertz CT molecular complexity index is 643. The predicted molar refractivity (Wildman–Crippen MR) is 82.6 cm³/mol. The minimum atomic E-state index is -0.998. The number of nitrogens with zero attached hydrogens (tertiary/aromatic N) is 1. The summed E-state index contributed by atoms with van der Waals surface area (Å²) in [6, 6.07) is 1.95. The third kappa shape index (κ3) is 2.66. The molecule has 124 valence electrons. The average molecular weight is 323 g/mol. The highest BCUT2D eigenvalue weighted by Gasteiger charge is 2.52. The molecule has 2 saturated heterocycles. The van der Waals surface area contributed by atoms with Gasteiger partial charge in [-0.05, 0) is 46.2 Å². The molecule has 3 rings (SSSR count). The van der Waals surface area contributed by atoms with Crippen LogP contribution in [0.15, 0.2) is 12.1 Å². The molecule has 0 aromatic heterocycles. The second kappa shape index (κ2) is 5.28. The van der Waals surface area contributed by atoms with Crippen molar-refractivity contribution in [3.05, 3.63) is 29.3 Å². The molecule has 0 N–H and O–H groups in total. The Kier molecular flexibility index (Phi) is 3.76. The first kappa shape index (κ1) is 16.4. The topological polar surface area (TPSA) is 38.8 Å². The molecular formula is C16H20BF2NO3. The van der Waals surface area contributed by atoms with E-state index in [4.69, 9.17) is 9.31 Å². The summed E-state index contributed by atoms with van der Waals surface area (Å²) in [7, 11) is -0.998. The summed E-state index contributed by atoms with van der Waals surface area (Å²) in [4.78, 5) is 13.6. The molecule has 7 heteroatoms. The number of amides is 1. The van der Waals surface area contributed by atoms with Crippen molar-refractivity contribution >= 4 is 18.5 Å². The highest BCUT2D eigenvalue weighted by Crippen LogP contribution is 2.36. The van der Waals surface area contributed by atoms with Gasteiger partial charge in [0.2, 0.25) is 0 Å². The third-order valence-corrected chi connectivity index (χ3v) is 4.97. The fraction of sp³-hybridized carbons (Fsp3) is 0.562. The number of likely N-dealkylation sites (tertiary alicyclic amines) is 1. The molecule has 23 heavy (non-hydrogen) atoms. The highest BCUT2D eigenvalue weighted by molar-refractivity contribution is 6.62. The number of hydrogen-bond donors (Lipinski definition) is 0. The summed E-state index contributed by atoms with van der Waals surface area (Å²) < 4.78 is 40.2. The van der Waals surface area contributed by atoms with Gasteiger partial charge in [0.1, 0.15) is 11.6 Å². The number of benzene rings is 1. The van der Waals surface area contributed by atoms with Crippen molar-refractivity contribution in [3.63, 3.8) is 0 Å². The lowest BCUT2D eigenvalue weighted by atomic mass is 9.78. The van der Waals surface area contributed by atoms with Crippen LogP contribution in [0.3, 0.4) is 0 Å². The number of carbonyl (C=O) groups excluding carboxylic acids is 1. The Morgan fingerprint density at radius 3 is 2.13 bits per heavy atom. The largest absolute Gasteiger partial charge is 0.497 e. The predicted octanol–water partition coefficient (Wildman–Crippen LogP) is 2.11. The Balaban J connectivity index is 1.90. The molecule has 0 saturated carbocycles. The van der Waals surface area contributed by atoms with Crippen LogP contribution in [-0.2, 0) is 9.31 Å². The smallest absolute Gasteiger partial charge is 0.399 e. The molecule has 1 amide bonds. The number of rotatable bonds is 2. The second-order valence-electron chi connectivity index (χ2n) is 7.09. The summed E-state index contributed by atoms with van der Waals surface area (Å²) in [5, 5.41) is 0. The normalized spacial score (nSPS) is 22.2. The van der Waals surface area contributed by atoms with Gasteiger partial charge in [0.15, 0.2) is 0 Å². The van der Waals surface area contributed by atoms with Gasteiger partial charge in [-0.1, -0.05) is 0 Å². The Morgan fingerprint density at radius 1 is 1.09 bits per heavy atom. The molecule has 0 radical (unpaired) electrons. The van der Waals surface area contributed by atoms with E-state index in [9.17, 15) is 13.6 Å². The van der Waals surface area contributed by atoms with Gasteiger partial charge in [0.25, 0.3) is 5.91 Å². The SMILES string of the molecule is CC1(C)OB(c2cc(F)c(C(=O)N3CCC3)cc2F)OC1(C)C. The molecule has 0 atom stereocenters. The van der Waals surface area contributed by atoms with Crippen molar-refractivity contribution in [2.75, 3.05) is 13.1 Å². The molecule has 0 aliphatic carbocycles. The van der Waals surface area contributed by atoms with E-state index in [-0.39, 0.29) is 11.0 Å². The lowest BCUT2D eigenvalue weighted by molar-refractivity contribution is 0.00578. The summed E-state index contributed by atoms with van der Waals surface area (Å²) in [6.07, 6.45) is 0.891. The van der Waals surface area contributed by atoms with E-state index in [2.05, 4.69) is 0 Å². The van der Waals surface area contributed by atoms with E-state index < -0.39 is 35.9 Å². The van der Waals surface area contributed by atoms with Crippen LogP contribution < -0.4 is 5.46 Å². The minimum absolute atomic E-state index is 0.0266. The zero-order valence-corrected chi connectivity index (χ0v) is 13.8. The lowest BCUT2D eigenvalue weighted by Gasteiger charge is -2.32. The van der Waals surface area contributed by atoms with E-state index in [1.165, 1.54) is 4.90 Å². The molecule has 2 aliphatic heterocycles. The van der Waals surface area contributed by atoms with Crippen LogP contribution in [0.1, 0.15) is 44.5 Å². The van der Waals surface area contributed by atoms with Gasteiger partial charge in [0.05, 0.1) is 16.8 Å². The van der Waals surface area contributed by atoms with Gasteiger partial charge in [-0.3, -0.25) is 4.79 Å². The van der Waals surface area contributed by atoms with E-state index >= 15 is 0 Å². The molecule has 2 aliphatic rings. The van der Waals surface area contributed by atoms with Crippen molar-refractivity contribution in [2.24, 2.45) is 0 Å². The molecule has 1 aromatic carbocycles. The fourth-order valence-corrected chi connectivity index (χ4v) is 2.57. The van der Waals surface area contributed by atoms with Gasteiger partial charge in [-0.15, -0.1) is 0 Å². The van der Waals surface area contributed by atoms with Gasteiger partial charge < -0.3 is 14.2 Å². The van der Waals surface area contributed by atoms with Crippen molar-refractivity contribution in [3.8, 4) is 0 Å². The minimum Gasteiger partial charge on any atom is -0.399 e. The number of halogens is 2. The van der Waals surface area contributed by atoms with E-state index in [1.807, 2.05) is 27.7 Å². The Labute approximate surface area is 134 Å². The molecular weight excluding hydrogens is 303 g/mol. The van der Waals surface area contributed by atoms with Crippen LogP contribution in [0.2, 0.25) is 0 Å². The number of carbonyl (C=O) groups is 1. The fourth-order valence-electron chi connectivity index (χ4n) is 2.57. The van der Waals surface area contributed by atoms with Crippen molar-refractivity contribution < 1.29 is 22.9 Å². The molecule has 0 spiro atoms. The van der Waals surface area contributed by atoms with Crippen LogP contribution in [0.5, 0.6) is 0 Å². The summed E-state index contributed by atoms with van der Waals surface area (Å²) in [6.45, 7) is 8.51. The molecule has 2 heterocycles. The Hall–Kier alpha value is -1.47. The zero-order valence-electron chi connectivity index (χ0n) is 13.8. The maximum atomic E-state index is 14.4. The highest BCUT2D eigenvalue weighted by atomic mass is 19.1. The average Bonchev–Trinajstić information content (AvgIpc) is 2.58. The first-order valence-electron chi connectivity index (χ1n) is 7.76. The third-order valence-electron chi connectivity index (χ3n) is 4.97. The monoisotopic (exact) mass is 323 g/mol. The van der Waals surface area contributed by atoms with Crippen LogP contribution in [0.4, 0.5) is 8.78 Å². The summed E-state index contributed by atoms with van der Waals surface area (Å²) in [5.74, 6) is -1.94. The van der Waals surface area contributed by atoms with Crippen LogP contribution in [0.25, 0.3) is 0 Å². The molecule has 0 bridgehead atoms. The van der Waals surface area contributed by atoms with Crippen LogP contribution >= 0.6 is 0 Å². The van der Waals surface area contributed by atoms with Crippen LogP contribution in [-0.4, -0.2) is 42.2 Å². The second-order valence-corrected chi connectivity index (χ2v) is 7.09. The van der Waals surface area contributed by atoms with E-state index in [0.29, 0.717) is 13.1 Å². The standard InChI is InChI=1S/C16H20BF2NO3/c1-15(2)16(3,4)23-17(22-15)11-9-12(18)10(8-13(11)19)14(21)20-6-5-7-20/h8-9H,5-7H2,1-4H3. The number of hydrogen-bond acceptors (Lipinski definition) is 3. The van der Waals surface area contributed by atoms with E-state index in [1.54, 1.807) is 0 Å². The van der Waals surface area contributed by atoms with E-state index in [0.717, 1.165) is 18.6 Å². The van der Waals surface area contributed by atoms with Crippen molar-refractivity contribution in [2.45, 2.75) is 45.3 Å². The van der Waals surface area contributed by atoms with Gasteiger partial charge >= 0.3 is 7.12 Å².